The summed E-state index contributed by atoms with van der Waals surface area (Å²) >= 11 is 3.11. The first kappa shape index (κ1) is 14.3. The molecule has 0 fully saturated rings. The van der Waals surface area contributed by atoms with E-state index in [1.54, 1.807) is 32.9 Å². The van der Waals surface area contributed by atoms with E-state index in [4.69, 9.17) is 0 Å². The summed E-state index contributed by atoms with van der Waals surface area (Å²) in [4.78, 5) is 0. The van der Waals surface area contributed by atoms with Gasteiger partial charge in [0.1, 0.15) is 0 Å². The minimum atomic E-state index is -3.71. The van der Waals surface area contributed by atoms with Crippen LogP contribution >= 0.6 is 15.9 Å². The molecule has 0 radical (unpaired) electrons. The Morgan fingerprint density at radius 3 is 2.41 bits per heavy atom. The van der Waals surface area contributed by atoms with Crippen LogP contribution in [0.25, 0.3) is 0 Å². The smallest absolute Gasteiger partial charge is 0.299 e. The lowest BCUT2D eigenvalue weighted by Crippen LogP contribution is -2.43. The summed E-state index contributed by atoms with van der Waals surface area (Å²) in [6.07, 6.45) is 0. The quantitative estimate of drug-likeness (QED) is 0.746. The van der Waals surface area contributed by atoms with Crippen molar-refractivity contribution in [3.05, 3.63) is 22.7 Å². The zero-order valence-electron chi connectivity index (χ0n) is 9.78. The molecule has 0 saturated carbocycles. The predicted molar refractivity (Wildman–Crippen MR) is 71.2 cm³/mol. The van der Waals surface area contributed by atoms with Crippen LogP contribution in [0.3, 0.4) is 0 Å². The second kappa shape index (κ2) is 4.83. The maximum Gasteiger partial charge on any atom is 0.299 e. The lowest BCUT2D eigenvalue weighted by Gasteiger charge is -2.21. The average molecular weight is 323 g/mol. The average Bonchev–Trinajstić information content (AvgIpc) is 2.08. The van der Waals surface area contributed by atoms with Crippen molar-refractivity contribution in [1.82, 2.24) is 4.72 Å². The third-order valence-corrected chi connectivity index (χ3v) is 3.68. The molecule has 7 heteroatoms. The van der Waals surface area contributed by atoms with Crippen molar-refractivity contribution >= 4 is 31.8 Å². The first-order valence-electron chi connectivity index (χ1n) is 4.90. The molecule has 0 heterocycles. The highest BCUT2D eigenvalue weighted by Crippen LogP contribution is 2.32. The molecule has 0 bridgehead atoms. The molecule has 0 unspecified atom stereocenters. The van der Waals surface area contributed by atoms with Gasteiger partial charge in [-0.2, -0.15) is 13.1 Å². The number of hydrogen-bond acceptors (Lipinski definition) is 3. The molecule has 0 amide bonds. The van der Waals surface area contributed by atoms with Crippen LogP contribution in [0.1, 0.15) is 20.8 Å². The molecular formula is C10H15BrN2O3S. The summed E-state index contributed by atoms with van der Waals surface area (Å²) in [5.41, 5.74) is -0.468. The Morgan fingerprint density at radius 1 is 1.29 bits per heavy atom. The third kappa shape index (κ3) is 4.53. The largest absolute Gasteiger partial charge is 0.505 e. The SMILES string of the molecule is CC(C)(C)NS(=O)(=O)Nc1cccc(Br)c1O. The molecule has 0 saturated heterocycles. The van der Waals surface area contributed by atoms with Gasteiger partial charge < -0.3 is 5.11 Å². The highest BCUT2D eigenvalue weighted by Gasteiger charge is 2.20. The zero-order chi connectivity index (χ0) is 13.3. The number of aromatic hydroxyl groups is 1. The molecule has 1 aromatic rings. The summed E-state index contributed by atoms with van der Waals surface area (Å²) in [7, 11) is -3.71. The van der Waals surface area contributed by atoms with Gasteiger partial charge in [0.2, 0.25) is 0 Å². The monoisotopic (exact) mass is 322 g/mol. The van der Waals surface area contributed by atoms with Crippen molar-refractivity contribution < 1.29 is 13.5 Å². The zero-order valence-corrected chi connectivity index (χ0v) is 12.2. The summed E-state index contributed by atoms with van der Waals surface area (Å²) in [5, 5.41) is 9.66. The molecule has 96 valence electrons. The van der Waals surface area contributed by atoms with Gasteiger partial charge in [-0.1, -0.05) is 6.07 Å². The van der Waals surface area contributed by atoms with E-state index in [2.05, 4.69) is 25.4 Å². The highest BCUT2D eigenvalue weighted by atomic mass is 79.9. The number of phenolic OH excluding ortho intramolecular Hbond substituents is 1. The molecule has 0 atom stereocenters. The first-order valence-corrected chi connectivity index (χ1v) is 7.17. The van der Waals surface area contributed by atoms with Crippen LogP contribution in [-0.2, 0) is 10.2 Å². The maximum atomic E-state index is 11.7. The van der Waals surface area contributed by atoms with Crippen molar-refractivity contribution in [2.75, 3.05) is 4.72 Å². The van der Waals surface area contributed by atoms with Gasteiger partial charge in [0.05, 0.1) is 10.2 Å². The molecule has 0 spiro atoms. The van der Waals surface area contributed by atoms with Gasteiger partial charge in [-0.05, 0) is 48.8 Å². The van der Waals surface area contributed by atoms with E-state index in [1.807, 2.05) is 0 Å². The Bertz CT molecular complexity index is 509. The van der Waals surface area contributed by atoms with Gasteiger partial charge in [0, 0.05) is 5.54 Å². The van der Waals surface area contributed by atoms with Crippen LogP contribution in [0.5, 0.6) is 5.75 Å². The van der Waals surface area contributed by atoms with Gasteiger partial charge in [0.15, 0.2) is 5.75 Å². The molecule has 0 aliphatic rings. The molecule has 0 aromatic heterocycles. The number of hydrogen-bond donors (Lipinski definition) is 3. The third-order valence-electron chi connectivity index (χ3n) is 1.67. The van der Waals surface area contributed by atoms with Crippen molar-refractivity contribution in [3.8, 4) is 5.75 Å². The Morgan fingerprint density at radius 2 is 1.88 bits per heavy atom. The van der Waals surface area contributed by atoms with Crippen LogP contribution in [-0.4, -0.2) is 19.1 Å². The maximum absolute atomic E-state index is 11.7. The molecule has 1 rings (SSSR count). The highest BCUT2D eigenvalue weighted by molar-refractivity contribution is 9.10. The minimum absolute atomic E-state index is 0.121. The normalized spacial score (nSPS) is 12.5. The second-order valence-electron chi connectivity index (χ2n) is 4.59. The van der Waals surface area contributed by atoms with E-state index < -0.39 is 15.7 Å². The number of phenols is 1. The van der Waals surface area contributed by atoms with E-state index in [0.717, 1.165) is 0 Å². The van der Waals surface area contributed by atoms with Crippen molar-refractivity contribution in [3.63, 3.8) is 0 Å². The number of para-hydroxylation sites is 1. The van der Waals surface area contributed by atoms with Crippen LogP contribution in [0.4, 0.5) is 5.69 Å². The number of benzene rings is 1. The molecule has 5 nitrogen and oxygen atoms in total. The lowest BCUT2D eigenvalue weighted by molar-refractivity contribution is 0.473. The predicted octanol–water partition coefficient (Wildman–Crippen LogP) is 2.20. The van der Waals surface area contributed by atoms with Crippen LogP contribution in [0.2, 0.25) is 0 Å². The van der Waals surface area contributed by atoms with Crippen LogP contribution in [0.15, 0.2) is 22.7 Å². The van der Waals surface area contributed by atoms with Crippen LogP contribution < -0.4 is 9.44 Å². The van der Waals surface area contributed by atoms with Gasteiger partial charge >= 0.3 is 0 Å². The van der Waals surface area contributed by atoms with E-state index >= 15 is 0 Å². The van der Waals surface area contributed by atoms with Crippen molar-refractivity contribution in [1.29, 1.82) is 0 Å². The Balaban J connectivity index is 2.95. The molecule has 0 aliphatic heterocycles. The number of anilines is 1. The summed E-state index contributed by atoms with van der Waals surface area (Å²) < 4.78 is 28.6. The number of nitrogens with one attached hydrogen (secondary N) is 2. The Labute approximate surface area is 110 Å². The van der Waals surface area contributed by atoms with E-state index in [0.29, 0.717) is 4.47 Å². The Hall–Kier alpha value is -0.790. The Kier molecular flexibility index (Phi) is 4.06. The fourth-order valence-electron chi connectivity index (χ4n) is 1.17. The topological polar surface area (TPSA) is 78.4 Å². The van der Waals surface area contributed by atoms with Crippen molar-refractivity contribution in [2.45, 2.75) is 26.3 Å². The van der Waals surface area contributed by atoms with E-state index in [9.17, 15) is 13.5 Å². The van der Waals surface area contributed by atoms with E-state index in [-0.39, 0.29) is 11.4 Å². The first-order chi connectivity index (χ1) is 7.61. The van der Waals surface area contributed by atoms with Crippen LogP contribution in [0, 0.1) is 0 Å². The van der Waals surface area contributed by atoms with Gasteiger partial charge in [-0.3, -0.25) is 4.72 Å². The molecule has 3 N–H and O–H groups in total. The minimum Gasteiger partial charge on any atom is -0.505 e. The van der Waals surface area contributed by atoms with E-state index in [1.165, 1.54) is 6.07 Å². The summed E-state index contributed by atoms with van der Waals surface area (Å²) in [6, 6.07) is 4.71. The number of halogens is 1. The van der Waals surface area contributed by atoms with Crippen molar-refractivity contribution in [2.24, 2.45) is 0 Å². The number of rotatable bonds is 3. The van der Waals surface area contributed by atoms with Gasteiger partial charge in [-0.25, -0.2) is 0 Å². The fraction of sp³-hybridized carbons (Fsp3) is 0.400. The van der Waals surface area contributed by atoms with Gasteiger partial charge in [-0.15, -0.1) is 0 Å². The standard InChI is InChI=1S/C10H15BrN2O3S/c1-10(2,3)13-17(15,16)12-8-6-4-5-7(11)9(8)14/h4-6,12-14H,1-3H3. The molecule has 1 aromatic carbocycles. The summed E-state index contributed by atoms with van der Waals surface area (Å²) in [5.74, 6) is -0.146. The molecule has 0 aliphatic carbocycles. The molecular weight excluding hydrogens is 308 g/mol. The summed E-state index contributed by atoms with van der Waals surface area (Å²) in [6.45, 7) is 5.19. The fourth-order valence-corrected chi connectivity index (χ4v) is 2.85. The van der Waals surface area contributed by atoms with Gasteiger partial charge in [0.25, 0.3) is 10.2 Å². The second-order valence-corrected chi connectivity index (χ2v) is 6.86. The molecule has 17 heavy (non-hydrogen) atoms. The lowest BCUT2D eigenvalue weighted by atomic mass is 10.1.